The Morgan fingerprint density at radius 1 is 1.10 bits per heavy atom. The van der Waals surface area contributed by atoms with Gasteiger partial charge in [-0.2, -0.15) is 13.2 Å². The lowest BCUT2D eigenvalue weighted by Crippen LogP contribution is -2.60. The SMILES string of the molecule is CN1C(=O)C(F)=C[C@@]2(C)C1CC[C@@H]1[C@H]2CC[C@]2(C)C(C(=O)NCc3nc4cc(C(F)(F)F)ccc4n3C)CC[C@@H]12. The van der Waals surface area contributed by atoms with Crippen LogP contribution in [0, 0.1) is 34.5 Å². The van der Waals surface area contributed by atoms with Crippen LogP contribution >= 0.6 is 0 Å². The summed E-state index contributed by atoms with van der Waals surface area (Å²) < 4.78 is 55.8. The van der Waals surface area contributed by atoms with Gasteiger partial charge in [0.2, 0.25) is 5.91 Å². The van der Waals surface area contributed by atoms with Crippen LogP contribution in [0.15, 0.2) is 30.1 Å². The van der Waals surface area contributed by atoms with Crippen LogP contribution in [0.5, 0.6) is 0 Å². The van der Waals surface area contributed by atoms with Gasteiger partial charge in [0.15, 0.2) is 5.83 Å². The summed E-state index contributed by atoms with van der Waals surface area (Å²) in [5.74, 6) is 0.0766. The molecule has 1 aromatic heterocycles. The third-order valence-corrected chi connectivity index (χ3v) is 11.2. The van der Waals surface area contributed by atoms with Gasteiger partial charge in [-0.15, -0.1) is 0 Å². The first kappa shape index (κ1) is 27.3. The van der Waals surface area contributed by atoms with E-state index in [1.54, 1.807) is 29.6 Å². The van der Waals surface area contributed by atoms with Crippen LogP contribution in [0.4, 0.5) is 17.6 Å². The van der Waals surface area contributed by atoms with Crippen molar-refractivity contribution in [2.75, 3.05) is 7.05 Å². The summed E-state index contributed by atoms with van der Waals surface area (Å²) in [7, 11) is 3.45. The van der Waals surface area contributed by atoms with Crippen LogP contribution < -0.4 is 5.32 Å². The molecule has 40 heavy (non-hydrogen) atoms. The van der Waals surface area contributed by atoms with E-state index in [4.69, 9.17) is 0 Å². The van der Waals surface area contributed by atoms with Crippen molar-refractivity contribution in [3.8, 4) is 0 Å². The standard InChI is InChI=1S/C30H36F4N4O2/c1-28-12-11-19-17(6-10-24-29(19,2)14-21(31)27(40)38(24)4)18(28)7-8-20(28)26(39)35-15-25-36-22-13-16(30(32,33)34)5-9-23(22)37(25)3/h5,9,13-14,17-20,24H,6-8,10-12,15H2,1-4H3,(H,35,39)/t17-,18-,19+,20?,24?,28-,29+/m0/s1. The predicted octanol–water partition coefficient (Wildman–Crippen LogP) is 5.76. The van der Waals surface area contributed by atoms with E-state index in [0.717, 1.165) is 50.7 Å². The van der Waals surface area contributed by atoms with Crippen molar-refractivity contribution in [3.63, 3.8) is 0 Å². The summed E-state index contributed by atoms with van der Waals surface area (Å²) in [4.78, 5) is 31.9. The highest BCUT2D eigenvalue weighted by molar-refractivity contribution is 5.92. The molecule has 2 heterocycles. The van der Waals surface area contributed by atoms with Gasteiger partial charge >= 0.3 is 6.18 Å². The number of fused-ring (bicyclic) bond motifs is 6. The van der Waals surface area contributed by atoms with Crippen molar-refractivity contribution in [2.45, 2.75) is 71.1 Å². The van der Waals surface area contributed by atoms with Crippen molar-refractivity contribution >= 4 is 22.8 Å². The molecule has 3 saturated carbocycles. The highest BCUT2D eigenvalue weighted by atomic mass is 19.4. The van der Waals surface area contributed by atoms with E-state index in [9.17, 15) is 27.2 Å². The molecular weight excluding hydrogens is 524 g/mol. The average Bonchev–Trinajstić information content (AvgIpc) is 3.41. The third kappa shape index (κ3) is 3.91. The number of aryl methyl sites for hydroxylation is 1. The second-order valence-electron chi connectivity index (χ2n) is 12.9. The molecule has 3 aliphatic carbocycles. The zero-order valence-electron chi connectivity index (χ0n) is 23.3. The molecule has 2 amide bonds. The minimum atomic E-state index is -4.45. The number of hydrogen-bond acceptors (Lipinski definition) is 3. The van der Waals surface area contributed by atoms with Gasteiger partial charge in [-0.1, -0.05) is 13.8 Å². The number of nitrogens with one attached hydrogen (secondary N) is 1. The van der Waals surface area contributed by atoms with Crippen molar-refractivity contribution in [2.24, 2.45) is 41.5 Å². The van der Waals surface area contributed by atoms with Gasteiger partial charge in [-0.05, 0) is 86.0 Å². The Morgan fingerprint density at radius 2 is 1.85 bits per heavy atom. The molecule has 6 rings (SSSR count). The minimum Gasteiger partial charge on any atom is -0.349 e. The summed E-state index contributed by atoms with van der Waals surface area (Å²) >= 11 is 0. The van der Waals surface area contributed by atoms with Gasteiger partial charge in [-0.25, -0.2) is 9.37 Å². The number of aromatic nitrogens is 2. The van der Waals surface area contributed by atoms with E-state index >= 15 is 0 Å². The molecule has 6 nitrogen and oxygen atoms in total. The van der Waals surface area contributed by atoms with E-state index in [0.29, 0.717) is 23.2 Å². The first-order valence-corrected chi connectivity index (χ1v) is 14.2. The fraction of sp³-hybridized carbons (Fsp3) is 0.633. The Balaban J connectivity index is 1.18. The summed E-state index contributed by atoms with van der Waals surface area (Å²) in [5, 5.41) is 3.04. The first-order chi connectivity index (χ1) is 18.8. The van der Waals surface area contributed by atoms with Gasteiger partial charge in [0.1, 0.15) is 5.82 Å². The molecule has 10 heteroatoms. The molecule has 2 unspecified atom stereocenters. The van der Waals surface area contributed by atoms with Gasteiger partial charge in [0.25, 0.3) is 5.91 Å². The molecule has 0 bridgehead atoms. The molecule has 216 valence electrons. The molecule has 0 radical (unpaired) electrons. The Bertz CT molecular complexity index is 1420. The van der Waals surface area contributed by atoms with E-state index < -0.39 is 28.9 Å². The first-order valence-electron chi connectivity index (χ1n) is 14.2. The molecule has 3 fully saturated rings. The van der Waals surface area contributed by atoms with E-state index in [2.05, 4.69) is 24.1 Å². The lowest BCUT2D eigenvalue weighted by Gasteiger charge is -2.60. The van der Waals surface area contributed by atoms with Crippen molar-refractivity contribution in [1.29, 1.82) is 0 Å². The smallest absolute Gasteiger partial charge is 0.349 e. The highest BCUT2D eigenvalue weighted by Gasteiger charge is 2.62. The summed E-state index contributed by atoms with van der Waals surface area (Å²) in [6.07, 6.45) is 2.39. The maximum Gasteiger partial charge on any atom is 0.416 e. The predicted molar refractivity (Wildman–Crippen MR) is 141 cm³/mol. The molecule has 7 atom stereocenters. The van der Waals surface area contributed by atoms with Crippen LogP contribution in [0.25, 0.3) is 11.0 Å². The number of halogens is 4. The zero-order chi connectivity index (χ0) is 28.8. The fourth-order valence-corrected chi connectivity index (χ4v) is 9.13. The number of carbonyl (C=O) groups is 2. The maximum absolute atomic E-state index is 14.7. The Morgan fingerprint density at radius 3 is 2.58 bits per heavy atom. The van der Waals surface area contributed by atoms with Gasteiger partial charge in [-0.3, -0.25) is 9.59 Å². The quantitative estimate of drug-likeness (QED) is 0.486. The summed E-state index contributed by atoms with van der Waals surface area (Å²) in [6.45, 7) is 4.46. The molecule has 0 saturated heterocycles. The number of hydrogen-bond donors (Lipinski definition) is 1. The Labute approximate surface area is 231 Å². The number of alkyl halides is 3. The van der Waals surface area contributed by atoms with E-state index in [1.807, 2.05) is 0 Å². The van der Waals surface area contributed by atoms with E-state index in [1.165, 1.54) is 6.07 Å². The van der Waals surface area contributed by atoms with Crippen molar-refractivity contribution in [1.82, 2.24) is 19.8 Å². The summed E-state index contributed by atoms with van der Waals surface area (Å²) in [5.41, 5.74) is -0.516. The number of benzene rings is 1. The van der Waals surface area contributed by atoms with Crippen LogP contribution in [0.2, 0.25) is 0 Å². The Kier molecular flexibility index (Phi) is 6.17. The van der Waals surface area contributed by atoms with Crippen molar-refractivity contribution in [3.05, 3.63) is 41.5 Å². The molecule has 0 spiro atoms. The number of imidazole rings is 1. The number of carbonyl (C=O) groups excluding carboxylic acids is 2. The summed E-state index contributed by atoms with van der Waals surface area (Å²) in [6, 6.07) is 3.49. The second-order valence-corrected chi connectivity index (χ2v) is 12.9. The minimum absolute atomic E-state index is 0.00823. The molecule has 4 aliphatic rings. The Hall–Kier alpha value is -2.91. The van der Waals surface area contributed by atoms with Crippen LogP contribution in [0.3, 0.4) is 0 Å². The molecule has 1 N–H and O–H groups in total. The number of nitrogens with zero attached hydrogens (tertiary/aromatic N) is 3. The largest absolute Gasteiger partial charge is 0.416 e. The van der Waals surface area contributed by atoms with Crippen LogP contribution in [0.1, 0.15) is 63.8 Å². The van der Waals surface area contributed by atoms with Crippen LogP contribution in [-0.2, 0) is 29.4 Å². The lowest BCUT2D eigenvalue weighted by atomic mass is 9.47. The second kappa shape index (κ2) is 9.05. The fourth-order valence-electron chi connectivity index (χ4n) is 9.13. The number of likely N-dealkylation sites (N-methyl/N-ethyl adjacent to an activating group) is 1. The maximum atomic E-state index is 14.7. The number of amides is 2. The van der Waals surface area contributed by atoms with Gasteiger partial charge < -0.3 is 14.8 Å². The third-order valence-electron chi connectivity index (χ3n) is 11.2. The molecule has 2 aromatic rings. The monoisotopic (exact) mass is 560 g/mol. The molecule has 1 aliphatic heterocycles. The van der Waals surface area contributed by atoms with E-state index in [-0.39, 0.29) is 41.3 Å². The van der Waals surface area contributed by atoms with Crippen LogP contribution in [-0.4, -0.2) is 39.4 Å². The lowest BCUT2D eigenvalue weighted by molar-refractivity contribution is -0.145. The molecule has 1 aromatic carbocycles. The molecular formula is C30H36F4N4O2. The number of rotatable bonds is 3. The average molecular weight is 561 g/mol. The normalized spacial score (nSPS) is 35.7. The van der Waals surface area contributed by atoms with Crippen molar-refractivity contribution < 1.29 is 27.2 Å². The van der Waals surface area contributed by atoms with Gasteiger partial charge in [0, 0.05) is 31.5 Å². The van der Waals surface area contributed by atoms with Gasteiger partial charge in [0.05, 0.1) is 23.1 Å². The highest BCUT2D eigenvalue weighted by Crippen LogP contribution is 2.65. The topological polar surface area (TPSA) is 67.2 Å². The zero-order valence-corrected chi connectivity index (χ0v) is 23.3.